The van der Waals surface area contributed by atoms with Crippen molar-refractivity contribution in [1.82, 2.24) is 5.32 Å². The molecule has 0 aliphatic heterocycles. The Morgan fingerprint density at radius 2 is 1.75 bits per heavy atom. The van der Waals surface area contributed by atoms with Crippen LogP contribution in [0.1, 0.15) is 22.7 Å². The molecule has 2 aromatic carbocycles. The molecule has 0 amide bonds. The van der Waals surface area contributed by atoms with Gasteiger partial charge in [-0.15, -0.1) is 0 Å². The van der Waals surface area contributed by atoms with Crippen LogP contribution in [0.15, 0.2) is 36.4 Å². The molecule has 0 heterocycles. The molecule has 20 heavy (non-hydrogen) atoms. The van der Waals surface area contributed by atoms with Crippen LogP contribution in [0.4, 0.5) is 0 Å². The number of rotatable bonds is 4. The molecule has 0 saturated carbocycles. The average molecular weight is 329 g/mol. The molecule has 0 aromatic heterocycles. The van der Waals surface area contributed by atoms with Crippen molar-refractivity contribution in [3.63, 3.8) is 0 Å². The molecule has 0 spiro atoms. The zero-order valence-electron chi connectivity index (χ0n) is 11.4. The van der Waals surface area contributed by atoms with Gasteiger partial charge in [-0.2, -0.15) is 0 Å². The fourth-order valence-electron chi connectivity index (χ4n) is 2.26. The molecule has 1 N–H and O–H groups in total. The molecule has 1 unspecified atom stereocenters. The highest BCUT2D eigenvalue weighted by molar-refractivity contribution is 6.42. The number of likely N-dealkylation sites (N-methyl/N-ethyl adjacent to an activating group) is 1. The summed E-state index contributed by atoms with van der Waals surface area (Å²) in [6.07, 6.45) is 0.828. The van der Waals surface area contributed by atoms with Crippen LogP contribution < -0.4 is 5.32 Å². The summed E-state index contributed by atoms with van der Waals surface area (Å²) in [7, 11) is 1.95. The van der Waals surface area contributed by atoms with Crippen LogP contribution in [0, 0.1) is 6.92 Å². The Kier molecular flexibility index (Phi) is 5.34. The topological polar surface area (TPSA) is 12.0 Å². The van der Waals surface area contributed by atoms with Crippen molar-refractivity contribution in [2.45, 2.75) is 19.4 Å². The van der Waals surface area contributed by atoms with E-state index in [0.717, 1.165) is 17.0 Å². The highest BCUT2D eigenvalue weighted by atomic mass is 35.5. The fourth-order valence-corrected chi connectivity index (χ4v) is 2.76. The molecular weight excluding hydrogens is 313 g/mol. The van der Waals surface area contributed by atoms with Gasteiger partial charge in [0.2, 0.25) is 0 Å². The van der Waals surface area contributed by atoms with Crippen LogP contribution in [0.5, 0.6) is 0 Å². The highest BCUT2D eigenvalue weighted by Gasteiger charge is 2.14. The SMILES string of the molecule is CNC(Cc1ccc(Cl)c(Cl)c1)c1cc(Cl)ccc1C. The van der Waals surface area contributed by atoms with Gasteiger partial charge in [0.15, 0.2) is 0 Å². The molecule has 0 fully saturated rings. The van der Waals surface area contributed by atoms with Gasteiger partial charge < -0.3 is 5.32 Å². The Balaban J connectivity index is 2.28. The van der Waals surface area contributed by atoms with Gasteiger partial charge in [-0.3, -0.25) is 0 Å². The van der Waals surface area contributed by atoms with Crippen molar-refractivity contribution < 1.29 is 0 Å². The van der Waals surface area contributed by atoms with Crippen LogP contribution in [0.3, 0.4) is 0 Å². The molecule has 0 radical (unpaired) electrons. The third-order valence-electron chi connectivity index (χ3n) is 3.39. The predicted molar refractivity (Wildman–Crippen MR) is 88.2 cm³/mol. The Labute approximate surface area is 134 Å². The number of hydrogen-bond donors (Lipinski definition) is 1. The standard InChI is InChI=1S/C16H16Cl3N/c1-10-3-5-12(17)9-13(10)16(20-2)8-11-4-6-14(18)15(19)7-11/h3-7,9,16,20H,8H2,1-2H3. The normalized spacial score (nSPS) is 12.4. The van der Waals surface area contributed by atoms with Gasteiger partial charge in [0, 0.05) is 11.1 Å². The minimum absolute atomic E-state index is 0.186. The smallest absolute Gasteiger partial charge is 0.0595 e. The lowest BCUT2D eigenvalue weighted by molar-refractivity contribution is 0.589. The Hall–Kier alpha value is -0.730. The largest absolute Gasteiger partial charge is 0.313 e. The predicted octanol–water partition coefficient (Wildman–Crippen LogP) is 5.46. The van der Waals surface area contributed by atoms with Gasteiger partial charge in [-0.05, 0) is 61.3 Å². The molecule has 0 aliphatic rings. The second-order valence-electron chi connectivity index (χ2n) is 4.79. The number of benzene rings is 2. The lowest BCUT2D eigenvalue weighted by atomic mass is 9.95. The van der Waals surface area contributed by atoms with E-state index in [4.69, 9.17) is 34.8 Å². The van der Waals surface area contributed by atoms with E-state index in [1.54, 1.807) is 0 Å². The molecule has 2 rings (SSSR count). The number of halogens is 3. The van der Waals surface area contributed by atoms with Crippen LogP contribution >= 0.6 is 34.8 Å². The van der Waals surface area contributed by atoms with Crippen LogP contribution in [-0.2, 0) is 6.42 Å². The lowest BCUT2D eigenvalue weighted by Gasteiger charge is -2.19. The lowest BCUT2D eigenvalue weighted by Crippen LogP contribution is -2.19. The molecular formula is C16H16Cl3N. The molecule has 0 bridgehead atoms. The quantitative estimate of drug-likeness (QED) is 0.786. The second kappa shape index (κ2) is 6.82. The summed E-state index contributed by atoms with van der Waals surface area (Å²) in [6.45, 7) is 2.09. The maximum atomic E-state index is 6.10. The van der Waals surface area contributed by atoms with E-state index >= 15 is 0 Å². The molecule has 2 aromatic rings. The summed E-state index contributed by atoms with van der Waals surface area (Å²) in [6, 6.07) is 11.9. The second-order valence-corrected chi connectivity index (χ2v) is 6.05. The summed E-state index contributed by atoms with van der Waals surface area (Å²) < 4.78 is 0. The van der Waals surface area contributed by atoms with Gasteiger partial charge in [-0.1, -0.05) is 46.9 Å². The first-order valence-electron chi connectivity index (χ1n) is 6.38. The zero-order chi connectivity index (χ0) is 14.7. The van der Waals surface area contributed by atoms with Crippen molar-refractivity contribution in [3.05, 3.63) is 68.2 Å². The van der Waals surface area contributed by atoms with Crippen molar-refractivity contribution in [3.8, 4) is 0 Å². The van der Waals surface area contributed by atoms with Gasteiger partial charge in [0.05, 0.1) is 10.0 Å². The zero-order valence-corrected chi connectivity index (χ0v) is 13.7. The van der Waals surface area contributed by atoms with Crippen molar-refractivity contribution in [2.24, 2.45) is 0 Å². The third kappa shape index (κ3) is 3.67. The van der Waals surface area contributed by atoms with Gasteiger partial charge in [0.25, 0.3) is 0 Å². The molecule has 1 nitrogen and oxygen atoms in total. The molecule has 0 saturated heterocycles. The van der Waals surface area contributed by atoms with Crippen LogP contribution in [0.25, 0.3) is 0 Å². The number of hydrogen-bond acceptors (Lipinski definition) is 1. The van der Waals surface area contributed by atoms with Crippen molar-refractivity contribution in [2.75, 3.05) is 7.05 Å². The van der Waals surface area contributed by atoms with Gasteiger partial charge in [-0.25, -0.2) is 0 Å². The summed E-state index contributed by atoms with van der Waals surface area (Å²) in [5.41, 5.74) is 3.55. The molecule has 106 valence electrons. The Bertz CT molecular complexity index is 611. The van der Waals surface area contributed by atoms with E-state index in [9.17, 15) is 0 Å². The van der Waals surface area contributed by atoms with E-state index in [0.29, 0.717) is 10.0 Å². The maximum Gasteiger partial charge on any atom is 0.0595 e. The Morgan fingerprint density at radius 3 is 2.40 bits per heavy atom. The van der Waals surface area contributed by atoms with E-state index in [1.807, 2.05) is 43.4 Å². The highest BCUT2D eigenvalue weighted by Crippen LogP contribution is 2.28. The van der Waals surface area contributed by atoms with E-state index < -0.39 is 0 Å². The first-order chi connectivity index (χ1) is 9.51. The molecule has 1 atom stereocenters. The summed E-state index contributed by atoms with van der Waals surface area (Å²) in [5.74, 6) is 0. The number of aryl methyl sites for hydroxylation is 1. The minimum Gasteiger partial charge on any atom is -0.313 e. The van der Waals surface area contributed by atoms with Crippen LogP contribution in [0.2, 0.25) is 15.1 Å². The van der Waals surface area contributed by atoms with Crippen molar-refractivity contribution in [1.29, 1.82) is 0 Å². The Morgan fingerprint density at radius 1 is 1.00 bits per heavy atom. The third-order valence-corrected chi connectivity index (χ3v) is 4.36. The monoisotopic (exact) mass is 327 g/mol. The van der Waals surface area contributed by atoms with Gasteiger partial charge in [0.1, 0.15) is 0 Å². The molecule has 0 aliphatic carbocycles. The molecule has 4 heteroatoms. The summed E-state index contributed by atoms with van der Waals surface area (Å²) in [4.78, 5) is 0. The minimum atomic E-state index is 0.186. The average Bonchev–Trinajstić information content (AvgIpc) is 2.43. The summed E-state index contributed by atoms with van der Waals surface area (Å²) >= 11 is 18.1. The number of nitrogens with one attached hydrogen (secondary N) is 1. The maximum absolute atomic E-state index is 6.10. The fraction of sp³-hybridized carbons (Fsp3) is 0.250. The van der Waals surface area contributed by atoms with Crippen LogP contribution in [-0.4, -0.2) is 7.05 Å². The first kappa shape index (κ1) is 15.7. The summed E-state index contributed by atoms with van der Waals surface area (Å²) in [5, 5.41) is 5.25. The van der Waals surface area contributed by atoms with E-state index in [-0.39, 0.29) is 6.04 Å². The first-order valence-corrected chi connectivity index (χ1v) is 7.52. The van der Waals surface area contributed by atoms with Crippen molar-refractivity contribution >= 4 is 34.8 Å². The van der Waals surface area contributed by atoms with E-state index in [2.05, 4.69) is 12.2 Å². The van der Waals surface area contributed by atoms with Gasteiger partial charge >= 0.3 is 0 Å². The van der Waals surface area contributed by atoms with E-state index in [1.165, 1.54) is 11.1 Å².